The van der Waals surface area contributed by atoms with E-state index in [9.17, 15) is 4.39 Å². The molecular weight excluding hydrogens is 343 g/mol. The first-order valence-corrected chi connectivity index (χ1v) is 7.56. The van der Waals surface area contributed by atoms with E-state index in [-0.39, 0.29) is 11.9 Å². The van der Waals surface area contributed by atoms with Gasteiger partial charge in [0.05, 0.1) is 11.7 Å². The summed E-state index contributed by atoms with van der Waals surface area (Å²) in [5, 5.41) is 3.74. The van der Waals surface area contributed by atoms with Crippen molar-refractivity contribution in [2.45, 2.75) is 19.4 Å². The SMILES string of the molecule is CCNC(Cc1ccc(Cl)cc1F)c1ccc(Br)cn1. The van der Waals surface area contributed by atoms with Gasteiger partial charge >= 0.3 is 0 Å². The van der Waals surface area contributed by atoms with Crippen LogP contribution in [0.5, 0.6) is 0 Å². The molecule has 1 heterocycles. The van der Waals surface area contributed by atoms with E-state index >= 15 is 0 Å². The van der Waals surface area contributed by atoms with Crippen LogP contribution < -0.4 is 5.32 Å². The highest BCUT2D eigenvalue weighted by atomic mass is 79.9. The molecule has 2 aromatic rings. The van der Waals surface area contributed by atoms with Crippen LogP contribution in [0.15, 0.2) is 41.0 Å². The maximum atomic E-state index is 13.9. The van der Waals surface area contributed by atoms with E-state index in [1.165, 1.54) is 6.07 Å². The number of aromatic nitrogens is 1. The van der Waals surface area contributed by atoms with E-state index in [2.05, 4.69) is 26.2 Å². The van der Waals surface area contributed by atoms with Crippen molar-refractivity contribution < 1.29 is 4.39 Å². The number of hydrogen-bond donors (Lipinski definition) is 1. The van der Waals surface area contributed by atoms with Crippen LogP contribution in [0.4, 0.5) is 4.39 Å². The van der Waals surface area contributed by atoms with Gasteiger partial charge in [-0.3, -0.25) is 4.98 Å². The van der Waals surface area contributed by atoms with E-state index in [1.807, 2.05) is 19.1 Å². The molecule has 2 rings (SSSR count). The summed E-state index contributed by atoms with van der Waals surface area (Å²) in [5.41, 5.74) is 1.52. The molecule has 1 aromatic heterocycles. The number of nitrogens with zero attached hydrogens (tertiary/aromatic N) is 1. The zero-order valence-electron chi connectivity index (χ0n) is 11.0. The predicted octanol–water partition coefficient (Wildman–Crippen LogP) is 4.53. The van der Waals surface area contributed by atoms with E-state index in [4.69, 9.17) is 11.6 Å². The van der Waals surface area contributed by atoms with Gasteiger partial charge in [-0.25, -0.2) is 4.39 Å². The molecule has 0 saturated heterocycles. The number of benzene rings is 1. The molecule has 1 atom stereocenters. The fraction of sp³-hybridized carbons (Fsp3) is 0.267. The molecule has 0 radical (unpaired) electrons. The molecule has 20 heavy (non-hydrogen) atoms. The second-order valence-corrected chi connectivity index (χ2v) is 5.80. The third-order valence-corrected chi connectivity index (χ3v) is 3.70. The number of nitrogens with one attached hydrogen (secondary N) is 1. The first-order chi connectivity index (χ1) is 9.60. The summed E-state index contributed by atoms with van der Waals surface area (Å²) in [6.45, 7) is 2.81. The van der Waals surface area contributed by atoms with Crippen molar-refractivity contribution in [3.05, 3.63) is 63.1 Å². The van der Waals surface area contributed by atoms with Gasteiger partial charge in [0.15, 0.2) is 0 Å². The van der Waals surface area contributed by atoms with Crippen LogP contribution in [0.1, 0.15) is 24.2 Å². The Morgan fingerprint density at radius 2 is 2.15 bits per heavy atom. The quantitative estimate of drug-likeness (QED) is 0.850. The molecular formula is C15H15BrClFN2. The summed E-state index contributed by atoms with van der Waals surface area (Å²) in [6.07, 6.45) is 2.28. The van der Waals surface area contributed by atoms with Gasteiger partial charge in [0.1, 0.15) is 5.82 Å². The van der Waals surface area contributed by atoms with Crippen LogP contribution in [0, 0.1) is 5.82 Å². The van der Waals surface area contributed by atoms with Crippen molar-refractivity contribution in [2.24, 2.45) is 0 Å². The van der Waals surface area contributed by atoms with Crippen molar-refractivity contribution >= 4 is 27.5 Å². The van der Waals surface area contributed by atoms with Crippen molar-refractivity contribution in [3.8, 4) is 0 Å². The zero-order valence-corrected chi connectivity index (χ0v) is 13.4. The second kappa shape index (κ2) is 7.16. The van der Waals surface area contributed by atoms with Crippen molar-refractivity contribution in [1.82, 2.24) is 10.3 Å². The normalized spacial score (nSPS) is 12.4. The Morgan fingerprint density at radius 3 is 2.75 bits per heavy atom. The molecule has 0 aliphatic heterocycles. The maximum Gasteiger partial charge on any atom is 0.127 e. The summed E-state index contributed by atoms with van der Waals surface area (Å²) in [6, 6.07) is 8.62. The van der Waals surface area contributed by atoms with E-state index in [0.29, 0.717) is 17.0 Å². The Hall–Kier alpha value is -0.970. The minimum Gasteiger partial charge on any atom is -0.309 e. The molecule has 0 aliphatic rings. The molecule has 0 amide bonds. The molecule has 1 aromatic carbocycles. The number of likely N-dealkylation sites (N-methyl/N-ethyl adjacent to an activating group) is 1. The molecule has 0 fully saturated rings. The van der Waals surface area contributed by atoms with Gasteiger partial charge in [-0.1, -0.05) is 24.6 Å². The molecule has 106 valence electrons. The van der Waals surface area contributed by atoms with E-state index in [1.54, 1.807) is 18.3 Å². The van der Waals surface area contributed by atoms with Crippen LogP contribution in [0.25, 0.3) is 0 Å². The average Bonchev–Trinajstić information content (AvgIpc) is 2.42. The topological polar surface area (TPSA) is 24.9 Å². The lowest BCUT2D eigenvalue weighted by Gasteiger charge is -2.18. The lowest BCUT2D eigenvalue weighted by atomic mass is 10.0. The first kappa shape index (κ1) is 15.4. The first-order valence-electron chi connectivity index (χ1n) is 6.39. The van der Waals surface area contributed by atoms with E-state index < -0.39 is 0 Å². The summed E-state index contributed by atoms with van der Waals surface area (Å²) < 4.78 is 14.8. The molecule has 1 N–H and O–H groups in total. The highest BCUT2D eigenvalue weighted by Gasteiger charge is 2.15. The lowest BCUT2D eigenvalue weighted by Crippen LogP contribution is -2.24. The lowest BCUT2D eigenvalue weighted by molar-refractivity contribution is 0.518. The fourth-order valence-electron chi connectivity index (χ4n) is 2.03. The fourth-order valence-corrected chi connectivity index (χ4v) is 2.42. The van der Waals surface area contributed by atoms with Crippen LogP contribution >= 0.6 is 27.5 Å². The predicted molar refractivity (Wildman–Crippen MR) is 83.5 cm³/mol. The molecule has 0 bridgehead atoms. The number of hydrogen-bond acceptors (Lipinski definition) is 2. The minimum absolute atomic E-state index is 0.0243. The highest BCUT2D eigenvalue weighted by Crippen LogP contribution is 2.22. The summed E-state index contributed by atoms with van der Waals surface area (Å²) in [4.78, 5) is 4.38. The van der Waals surface area contributed by atoms with Gasteiger partial charge < -0.3 is 5.32 Å². The average molecular weight is 358 g/mol. The van der Waals surface area contributed by atoms with Crippen LogP contribution in [0.3, 0.4) is 0 Å². The Bertz CT molecular complexity index is 575. The van der Waals surface area contributed by atoms with Gasteiger partial charge in [0.2, 0.25) is 0 Å². The molecule has 2 nitrogen and oxygen atoms in total. The van der Waals surface area contributed by atoms with Gasteiger partial charge in [-0.15, -0.1) is 0 Å². The van der Waals surface area contributed by atoms with Gasteiger partial charge in [-0.2, -0.15) is 0 Å². The molecule has 0 aliphatic carbocycles. The number of rotatable bonds is 5. The third-order valence-electron chi connectivity index (χ3n) is 3.00. The Kier molecular flexibility index (Phi) is 5.52. The molecule has 0 saturated carbocycles. The summed E-state index contributed by atoms with van der Waals surface area (Å²) >= 11 is 9.14. The van der Waals surface area contributed by atoms with Crippen LogP contribution in [-0.4, -0.2) is 11.5 Å². The maximum absolute atomic E-state index is 13.9. The van der Waals surface area contributed by atoms with Gasteiger partial charge in [-0.05, 0) is 58.7 Å². The second-order valence-electron chi connectivity index (χ2n) is 4.45. The largest absolute Gasteiger partial charge is 0.309 e. The minimum atomic E-state index is -0.280. The Balaban J connectivity index is 2.22. The van der Waals surface area contributed by atoms with Crippen molar-refractivity contribution in [3.63, 3.8) is 0 Å². The van der Waals surface area contributed by atoms with Gasteiger partial charge in [0, 0.05) is 15.7 Å². The molecule has 5 heteroatoms. The summed E-state index contributed by atoms with van der Waals surface area (Å²) in [7, 11) is 0. The number of halogens is 3. The highest BCUT2D eigenvalue weighted by molar-refractivity contribution is 9.10. The summed E-state index contributed by atoms with van der Waals surface area (Å²) in [5.74, 6) is -0.280. The zero-order chi connectivity index (χ0) is 14.5. The van der Waals surface area contributed by atoms with Crippen molar-refractivity contribution in [1.29, 1.82) is 0 Å². The Morgan fingerprint density at radius 1 is 1.35 bits per heavy atom. The standard InChI is InChI=1S/C15H15BrClFN2/c1-2-19-15(14-6-4-11(16)9-20-14)7-10-3-5-12(17)8-13(10)18/h3-6,8-9,15,19H,2,7H2,1H3. The molecule has 0 spiro atoms. The van der Waals surface area contributed by atoms with E-state index in [0.717, 1.165) is 16.7 Å². The number of pyridine rings is 1. The van der Waals surface area contributed by atoms with Crippen molar-refractivity contribution in [2.75, 3.05) is 6.54 Å². The Labute approximate surface area is 131 Å². The van der Waals surface area contributed by atoms with Crippen LogP contribution in [0.2, 0.25) is 5.02 Å². The molecule has 1 unspecified atom stereocenters. The third kappa shape index (κ3) is 4.01. The smallest absolute Gasteiger partial charge is 0.127 e. The van der Waals surface area contributed by atoms with Gasteiger partial charge in [0.25, 0.3) is 0 Å². The monoisotopic (exact) mass is 356 g/mol. The van der Waals surface area contributed by atoms with Crippen LogP contribution in [-0.2, 0) is 6.42 Å².